The first kappa shape index (κ1) is 14.3. The second kappa shape index (κ2) is 6.85. The van der Waals surface area contributed by atoms with Crippen molar-refractivity contribution >= 4 is 0 Å². The van der Waals surface area contributed by atoms with Crippen LogP contribution >= 0.6 is 0 Å². The maximum Gasteiger partial charge on any atom is 0.177 e. The number of aromatic amines is 1. The van der Waals surface area contributed by atoms with Crippen molar-refractivity contribution in [1.29, 1.82) is 0 Å². The van der Waals surface area contributed by atoms with Gasteiger partial charge in [0, 0.05) is 5.92 Å². The summed E-state index contributed by atoms with van der Waals surface area (Å²) in [5.41, 5.74) is 2.39. The fourth-order valence-corrected chi connectivity index (χ4v) is 2.29. The van der Waals surface area contributed by atoms with Crippen LogP contribution in [-0.2, 0) is 13.0 Å². The fraction of sp³-hybridized carbons (Fsp3) is 0.235. The number of nitrogens with zero attached hydrogens (tertiary/aromatic N) is 3. The molecule has 0 aliphatic rings. The molecule has 1 heterocycles. The molecule has 0 saturated heterocycles. The van der Waals surface area contributed by atoms with Crippen molar-refractivity contribution in [3.8, 4) is 5.75 Å². The molecule has 22 heavy (non-hydrogen) atoms. The molecule has 1 unspecified atom stereocenters. The molecule has 112 valence electrons. The monoisotopic (exact) mass is 294 g/mol. The highest BCUT2D eigenvalue weighted by Gasteiger charge is 2.11. The van der Waals surface area contributed by atoms with E-state index in [2.05, 4.69) is 51.8 Å². The topological polar surface area (TPSA) is 63.7 Å². The van der Waals surface area contributed by atoms with Crippen LogP contribution in [0.3, 0.4) is 0 Å². The second-order valence-electron chi connectivity index (χ2n) is 5.29. The van der Waals surface area contributed by atoms with Gasteiger partial charge in [0.2, 0.25) is 0 Å². The highest BCUT2D eigenvalue weighted by Crippen LogP contribution is 2.19. The number of rotatable bonds is 6. The van der Waals surface area contributed by atoms with Gasteiger partial charge in [0.1, 0.15) is 12.4 Å². The largest absolute Gasteiger partial charge is 0.489 e. The predicted octanol–water partition coefficient (Wildman–Crippen LogP) is 3.12. The Labute approximate surface area is 129 Å². The average Bonchev–Trinajstić information content (AvgIpc) is 3.10. The van der Waals surface area contributed by atoms with Gasteiger partial charge >= 0.3 is 0 Å². The summed E-state index contributed by atoms with van der Waals surface area (Å²) in [5.74, 6) is 1.85. The summed E-state index contributed by atoms with van der Waals surface area (Å²) >= 11 is 0. The van der Waals surface area contributed by atoms with Crippen LogP contribution in [0.25, 0.3) is 0 Å². The first-order valence-corrected chi connectivity index (χ1v) is 7.30. The van der Waals surface area contributed by atoms with Crippen molar-refractivity contribution in [3.05, 3.63) is 71.5 Å². The van der Waals surface area contributed by atoms with E-state index in [-0.39, 0.29) is 5.92 Å². The highest BCUT2D eigenvalue weighted by atomic mass is 16.5. The number of tetrazole rings is 1. The molecule has 0 aliphatic carbocycles. The van der Waals surface area contributed by atoms with E-state index in [0.717, 1.165) is 23.6 Å². The summed E-state index contributed by atoms with van der Waals surface area (Å²) in [6.07, 6.45) is 0.874. The quantitative estimate of drug-likeness (QED) is 0.758. The molecule has 0 spiro atoms. The molecule has 1 aromatic heterocycles. The number of hydrogen-bond acceptors (Lipinski definition) is 4. The number of hydrogen-bond donors (Lipinski definition) is 1. The maximum absolute atomic E-state index is 5.78. The minimum atomic E-state index is 0.231. The summed E-state index contributed by atoms with van der Waals surface area (Å²) in [6.45, 7) is 2.67. The van der Waals surface area contributed by atoms with E-state index in [0.29, 0.717) is 6.61 Å². The Bertz CT molecular complexity index is 680. The van der Waals surface area contributed by atoms with Crippen LogP contribution in [0.4, 0.5) is 0 Å². The molecular formula is C17H18N4O. The molecule has 2 aromatic carbocycles. The lowest BCUT2D eigenvalue weighted by Gasteiger charge is -2.09. The summed E-state index contributed by atoms with van der Waals surface area (Å²) in [4.78, 5) is 0. The third kappa shape index (κ3) is 3.69. The number of benzene rings is 2. The van der Waals surface area contributed by atoms with E-state index in [1.807, 2.05) is 30.3 Å². The summed E-state index contributed by atoms with van der Waals surface area (Å²) in [6, 6.07) is 18.3. The lowest BCUT2D eigenvalue weighted by molar-refractivity contribution is 0.306. The van der Waals surface area contributed by atoms with E-state index in [1.54, 1.807) is 0 Å². The van der Waals surface area contributed by atoms with Gasteiger partial charge in [-0.3, -0.25) is 0 Å². The molecule has 3 aromatic rings. The van der Waals surface area contributed by atoms with Crippen LogP contribution in [0.15, 0.2) is 54.6 Å². The third-order valence-corrected chi connectivity index (χ3v) is 3.52. The third-order valence-electron chi connectivity index (χ3n) is 3.52. The minimum absolute atomic E-state index is 0.231. The second-order valence-corrected chi connectivity index (χ2v) is 5.29. The Morgan fingerprint density at radius 3 is 2.45 bits per heavy atom. The summed E-state index contributed by atoms with van der Waals surface area (Å²) in [5, 5.41) is 14.1. The van der Waals surface area contributed by atoms with Gasteiger partial charge in [0.15, 0.2) is 5.82 Å². The van der Waals surface area contributed by atoms with Crippen molar-refractivity contribution in [2.24, 2.45) is 0 Å². The van der Waals surface area contributed by atoms with E-state index < -0.39 is 0 Å². The Morgan fingerprint density at radius 2 is 1.77 bits per heavy atom. The fourth-order valence-electron chi connectivity index (χ4n) is 2.29. The van der Waals surface area contributed by atoms with Gasteiger partial charge in [-0.05, 0) is 29.7 Å². The Balaban J connectivity index is 1.56. The molecule has 3 rings (SSSR count). The lowest BCUT2D eigenvalue weighted by atomic mass is 10.0. The smallest absolute Gasteiger partial charge is 0.177 e. The molecule has 0 bridgehead atoms. The molecule has 5 heteroatoms. The van der Waals surface area contributed by atoms with Crippen molar-refractivity contribution in [2.75, 3.05) is 0 Å². The number of aromatic nitrogens is 4. The molecule has 5 nitrogen and oxygen atoms in total. The van der Waals surface area contributed by atoms with Gasteiger partial charge in [0.05, 0.1) is 0 Å². The number of nitrogens with one attached hydrogen (secondary N) is 1. The van der Waals surface area contributed by atoms with E-state index in [9.17, 15) is 0 Å². The van der Waals surface area contributed by atoms with Crippen LogP contribution in [-0.4, -0.2) is 20.6 Å². The van der Waals surface area contributed by atoms with Gasteiger partial charge in [-0.15, -0.1) is 10.2 Å². The molecule has 0 radical (unpaired) electrons. The summed E-state index contributed by atoms with van der Waals surface area (Å²) < 4.78 is 5.78. The minimum Gasteiger partial charge on any atom is -0.489 e. The van der Waals surface area contributed by atoms with Crippen LogP contribution < -0.4 is 4.74 Å². The molecule has 1 atom stereocenters. The molecule has 0 saturated carbocycles. The Morgan fingerprint density at radius 1 is 1.00 bits per heavy atom. The zero-order chi connectivity index (χ0) is 15.2. The molecular weight excluding hydrogens is 276 g/mol. The average molecular weight is 294 g/mol. The van der Waals surface area contributed by atoms with Gasteiger partial charge < -0.3 is 4.74 Å². The Kier molecular flexibility index (Phi) is 4.44. The maximum atomic E-state index is 5.78. The van der Waals surface area contributed by atoms with E-state index in [4.69, 9.17) is 4.74 Å². The van der Waals surface area contributed by atoms with Gasteiger partial charge in [-0.2, -0.15) is 5.21 Å². The van der Waals surface area contributed by atoms with Crippen LogP contribution in [0.5, 0.6) is 5.75 Å². The van der Waals surface area contributed by atoms with Crippen molar-refractivity contribution in [1.82, 2.24) is 20.6 Å². The molecule has 0 aliphatic heterocycles. The standard InChI is InChI=1S/C17H18N4O/c1-13(17-18-20-21-19-17)11-14-7-9-16(10-8-14)22-12-15-5-3-2-4-6-15/h2-10,13H,11-12H2,1H3,(H,18,19,20,21). The van der Waals surface area contributed by atoms with Crippen molar-refractivity contribution in [3.63, 3.8) is 0 Å². The highest BCUT2D eigenvalue weighted by molar-refractivity contribution is 5.28. The SMILES string of the molecule is CC(Cc1ccc(OCc2ccccc2)cc1)c1nn[nH]n1. The number of ether oxygens (including phenoxy) is 1. The Hall–Kier alpha value is -2.69. The first-order valence-electron chi connectivity index (χ1n) is 7.30. The summed E-state index contributed by atoms with van der Waals surface area (Å²) in [7, 11) is 0. The van der Waals surface area contributed by atoms with Crippen LogP contribution in [0.2, 0.25) is 0 Å². The molecule has 0 fully saturated rings. The zero-order valence-electron chi connectivity index (χ0n) is 12.4. The van der Waals surface area contributed by atoms with Crippen molar-refractivity contribution in [2.45, 2.75) is 25.9 Å². The lowest BCUT2D eigenvalue weighted by Crippen LogP contribution is -2.01. The van der Waals surface area contributed by atoms with Crippen LogP contribution in [0, 0.1) is 0 Å². The van der Waals surface area contributed by atoms with Gasteiger partial charge in [-0.25, -0.2) is 0 Å². The van der Waals surface area contributed by atoms with Gasteiger partial charge in [-0.1, -0.05) is 54.6 Å². The molecule has 1 N–H and O–H groups in total. The first-order chi connectivity index (χ1) is 10.8. The van der Waals surface area contributed by atoms with E-state index in [1.165, 1.54) is 5.56 Å². The normalized spacial score (nSPS) is 12.0. The molecule has 0 amide bonds. The van der Waals surface area contributed by atoms with Gasteiger partial charge in [0.25, 0.3) is 0 Å². The predicted molar refractivity (Wildman–Crippen MR) is 83.5 cm³/mol. The van der Waals surface area contributed by atoms with Crippen LogP contribution in [0.1, 0.15) is 29.8 Å². The zero-order valence-corrected chi connectivity index (χ0v) is 12.4. The van der Waals surface area contributed by atoms with Crippen molar-refractivity contribution < 1.29 is 4.74 Å². The number of H-pyrrole nitrogens is 1. The van der Waals surface area contributed by atoms with E-state index >= 15 is 0 Å².